The van der Waals surface area contributed by atoms with Crippen molar-refractivity contribution in [2.24, 2.45) is 0 Å². The molecule has 1 amide bonds. The number of nitrogens with zero attached hydrogens (tertiary/aromatic N) is 1. The molecule has 0 aromatic heterocycles. The Kier molecular flexibility index (Phi) is 4.56. The third-order valence-electron chi connectivity index (χ3n) is 4.64. The van der Waals surface area contributed by atoms with Crippen molar-refractivity contribution in [1.29, 1.82) is 0 Å². The number of para-hydroxylation sites is 1. The van der Waals surface area contributed by atoms with E-state index in [-0.39, 0.29) is 16.8 Å². The minimum absolute atomic E-state index is 0.0871. The van der Waals surface area contributed by atoms with E-state index >= 15 is 0 Å². The van der Waals surface area contributed by atoms with Crippen LogP contribution in [0.5, 0.6) is 5.75 Å². The molecule has 1 aliphatic heterocycles. The van der Waals surface area contributed by atoms with E-state index < -0.39 is 15.9 Å². The Morgan fingerprint density at radius 2 is 1.80 bits per heavy atom. The van der Waals surface area contributed by atoms with Gasteiger partial charge in [-0.05, 0) is 36.2 Å². The van der Waals surface area contributed by atoms with Gasteiger partial charge in [-0.25, -0.2) is 8.42 Å². The highest BCUT2D eigenvalue weighted by molar-refractivity contribution is 7.90. The number of hydrogen-bond acceptors (Lipinski definition) is 4. The first-order chi connectivity index (χ1) is 11.8. The summed E-state index contributed by atoms with van der Waals surface area (Å²) in [5.41, 5.74) is 1.91. The molecule has 0 radical (unpaired) electrons. The zero-order valence-corrected chi connectivity index (χ0v) is 15.3. The molecule has 0 N–H and O–H groups in total. The molecule has 0 saturated heterocycles. The monoisotopic (exact) mass is 359 g/mol. The largest absolute Gasteiger partial charge is 0.480 e. The lowest BCUT2D eigenvalue weighted by Gasteiger charge is -2.27. The van der Waals surface area contributed by atoms with Crippen LogP contribution in [0.15, 0.2) is 53.4 Å². The zero-order chi connectivity index (χ0) is 18.2. The summed E-state index contributed by atoms with van der Waals surface area (Å²) in [6, 6.07) is 14.1. The molecule has 0 aliphatic carbocycles. The molecular weight excluding hydrogens is 338 g/mol. The molecule has 1 aliphatic rings. The number of carbonyl (C=O) groups is 1. The second-order valence-electron chi connectivity index (χ2n) is 6.38. The maximum atomic E-state index is 12.8. The van der Waals surface area contributed by atoms with Gasteiger partial charge in [-0.3, -0.25) is 4.79 Å². The highest BCUT2D eigenvalue weighted by atomic mass is 32.2. The number of sulfone groups is 1. The number of hydrogen-bond donors (Lipinski definition) is 0. The Labute approximate surface area is 148 Å². The Hall–Kier alpha value is -2.34. The quantitative estimate of drug-likeness (QED) is 0.842. The molecule has 2 aromatic rings. The predicted molar refractivity (Wildman–Crippen MR) is 95.3 cm³/mol. The second kappa shape index (κ2) is 6.52. The number of benzene rings is 2. The van der Waals surface area contributed by atoms with Crippen LogP contribution in [-0.4, -0.2) is 38.6 Å². The molecule has 132 valence electrons. The van der Waals surface area contributed by atoms with Gasteiger partial charge in [-0.1, -0.05) is 30.3 Å². The fourth-order valence-corrected chi connectivity index (χ4v) is 3.59. The number of likely N-dealkylation sites (N-methyl/N-ethyl adjacent to an activating group) is 1. The average molecular weight is 359 g/mol. The van der Waals surface area contributed by atoms with Crippen LogP contribution in [0.4, 0.5) is 0 Å². The van der Waals surface area contributed by atoms with Gasteiger partial charge < -0.3 is 9.64 Å². The van der Waals surface area contributed by atoms with E-state index in [1.807, 2.05) is 31.2 Å². The summed E-state index contributed by atoms with van der Waals surface area (Å²) in [4.78, 5) is 14.7. The SMILES string of the molecule is C[C@H](c1ccc(S(C)(=O)=O)cc1)N(C)C(=O)[C@@H]1Cc2ccccc2O1. The Morgan fingerprint density at radius 3 is 2.40 bits per heavy atom. The lowest BCUT2D eigenvalue weighted by molar-refractivity contribution is -0.138. The van der Waals surface area contributed by atoms with E-state index in [2.05, 4.69) is 0 Å². The summed E-state index contributed by atoms with van der Waals surface area (Å²) in [5.74, 6) is 0.676. The predicted octanol–water partition coefficient (Wildman–Crippen LogP) is 2.61. The Bertz CT molecular complexity index is 865. The minimum Gasteiger partial charge on any atom is -0.480 e. The molecule has 0 unspecified atom stereocenters. The molecule has 6 heteroatoms. The first-order valence-corrected chi connectivity index (χ1v) is 9.98. The number of carbonyl (C=O) groups excluding carboxylic acids is 1. The van der Waals surface area contributed by atoms with E-state index in [0.29, 0.717) is 6.42 Å². The number of amides is 1. The van der Waals surface area contributed by atoms with Gasteiger partial charge >= 0.3 is 0 Å². The summed E-state index contributed by atoms with van der Waals surface area (Å²) in [6.45, 7) is 1.91. The first-order valence-electron chi connectivity index (χ1n) is 8.08. The number of ether oxygens (including phenoxy) is 1. The zero-order valence-electron chi connectivity index (χ0n) is 14.5. The topological polar surface area (TPSA) is 63.7 Å². The van der Waals surface area contributed by atoms with Crippen LogP contribution in [0.1, 0.15) is 24.1 Å². The smallest absolute Gasteiger partial charge is 0.264 e. The first kappa shape index (κ1) is 17.5. The summed E-state index contributed by atoms with van der Waals surface area (Å²) >= 11 is 0. The highest BCUT2D eigenvalue weighted by Gasteiger charge is 2.32. The van der Waals surface area contributed by atoms with Gasteiger partial charge in [-0.15, -0.1) is 0 Å². The fourth-order valence-electron chi connectivity index (χ4n) is 2.95. The molecule has 25 heavy (non-hydrogen) atoms. The van der Waals surface area contributed by atoms with Crippen LogP contribution in [0.3, 0.4) is 0 Å². The van der Waals surface area contributed by atoms with Gasteiger partial charge in [0.15, 0.2) is 15.9 Å². The van der Waals surface area contributed by atoms with E-state index in [4.69, 9.17) is 4.74 Å². The van der Waals surface area contributed by atoms with E-state index in [1.165, 1.54) is 6.26 Å². The normalized spacial score (nSPS) is 17.5. The molecule has 3 rings (SSSR count). The van der Waals surface area contributed by atoms with Gasteiger partial charge in [0.25, 0.3) is 5.91 Å². The molecule has 0 spiro atoms. The second-order valence-corrected chi connectivity index (χ2v) is 8.40. The number of rotatable bonds is 4. The Balaban J connectivity index is 1.72. The van der Waals surface area contributed by atoms with E-state index in [9.17, 15) is 13.2 Å². The van der Waals surface area contributed by atoms with Gasteiger partial charge in [0.05, 0.1) is 10.9 Å². The van der Waals surface area contributed by atoms with Crippen molar-refractivity contribution in [3.63, 3.8) is 0 Å². The van der Waals surface area contributed by atoms with Crippen molar-refractivity contribution in [2.75, 3.05) is 13.3 Å². The van der Waals surface area contributed by atoms with Crippen LogP contribution in [0.2, 0.25) is 0 Å². The van der Waals surface area contributed by atoms with Crippen molar-refractivity contribution < 1.29 is 17.9 Å². The Morgan fingerprint density at radius 1 is 1.16 bits per heavy atom. The van der Waals surface area contributed by atoms with Gasteiger partial charge in [-0.2, -0.15) is 0 Å². The van der Waals surface area contributed by atoms with Crippen molar-refractivity contribution in [3.05, 3.63) is 59.7 Å². The van der Waals surface area contributed by atoms with Crippen LogP contribution in [0.25, 0.3) is 0 Å². The molecule has 0 bridgehead atoms. The third kappa shape index (κ3) is 3.54. The molecule has 2 aromatic carbocycles. The van der Waals surface area contributed by atoms with Crippen molar-refractivity contribution in [1.82, 2.24) is 4.90 Å². The molecule has 0 fully saturated rings. The van der Waals surface area contributed by atoms with E-state index in [1.54, 1.807) is 36.2 Å². The minimum atomic E-state index is -3.23. The highest BCUT2D eigenvalue weighted by Crippen LogP contribution is 2.30. The average Bonchev–Trinajstić information content (AvgIpc) is 3.03. The van der Waals surface area contributed by atoms with Crippen molar-refractivity contribution >= 4 is 15.7 Å². The van der Waals surface area contributed by atoms with Gasteiger partial charge in [0.1, 0.15) is 5.75 Å². The van der Waals surface area contributed by atoms with Crippen LogP contribution >= 0.6 is 0 Å². The lowest BCUT2D eigenvalue weighted by Crippen LogP contribution is -2.40. The van der Waals surface area contributed by atoms with Crippen LogP contribution in [-0.2, 0) is 21.1 Å². The van der Waals surface area contributed by atoms with Crippen LogP contribution in [0, 0.1) is 0 Å². The summed E-state index contributed by atoms with van der Waals surface area (Å²) < 4.78 is 28.9. The fraction of sp³-hybridized carbons (Fsp3) is 0.316. The summed E-state index contributed by atoms with van der Waals surface area (Å²) in [5, 5.41) is 0. The number of fused-ring (bicyclic) bond motifs is 1. The van der Waals surface area contributed by atoms with Crippen molar-refractivity contribution in [2.45, 2.75) is 30.4 Å². The van der Waals surface area contributed by atoms with Crippen molar-refractivity contribution in [3.8, 4) is 5.75 Å². The molecule has 2 atom stereocenters. The summed E-state index contributed by atoms with van der Waals surface area (Å²) in [6.07, 6.45) is 1.23. The van der Waals surface area contributed by atoms with Gasteiger partial charge in [0.2, 0.25) is 0 Å². The third-order valence-corrected chi connectivity index (χ3v) is 5.77. The van der Waals surface area contributed by atoms with Gasteiger partial charge in [0, 0.05) is 19.7 Å². The molecule has 1 heterocycles. The standard InChI is InChI=1S/C19H21NO4S/c1-13(14-8-10-16(11-9-14)25(3,22)23)20(2)19(21)18-12-15-6-4-5-7-17(15)24-18/h4-11,13,18H,12H2,1-3H3/t13-,18+/m1/s1. The maximum absolute atomic E-state index is 12.8. The maximum Gasteiger partial charge on any atom is 0.264 e. The molecular formula is C19H21NO4S. The van der Waals surface area contributed by atoms with E-state index in [0.717, 1.165) is 16.9 Å². The van der Waals surface area contributed by atoms with Crippen LogP contribution < -0.4 is 4.74 Å². The molecule has 0 saturated carbocycles. The molecule has 5 nitrogen and oxygen atoms in total. The summed E-state index contributed by atoms with van der Waals surface area (Å²) in [7, 11) is -1.49. The lowest BCUT2D eigenvalue weighted by atomic mass is 10.1.